The maximum atomic E-state index is 13.4. The molecule has 4 aromatic carbocycles. The second kappa shape index (κ2) is 14.2. The van der Waals surface area contributed by atoms with E-state index in [0.29, 0.717) is 22.8 Å². The first-order valence-electron chi connectivity index (χ1n) is 14.0. The van der Waals surface area contributed by atoms with Crippen molar-refractivity contribution < 1.29 is 18.8 Å². The van der Waals surface area contributed by atoms with Gasteiger partial charge in [0.15, 0.2) is 0 Å². The van der Waals surface area contributed by atoms with Crippen molar-refractivity contribution >= 4 is 46.9 Å². The fourth-order valence-electron chi connectivity index (χ4n) is 4.23. The van der Waals surface area contributed by atoms with Gasteiger partial charge in [-0.25, -0.2) is 0 Å². The van der Waals surface area contributed by atoms with Crippen LogP contribution in [0.5, 0.6) is 0 Å². The molecule has 1 aromatic heterocycles. The lowest BCUT2D eigenvalue weighted by atomic mass is 10.1. The van der Waals surface area contributed by atoms with E-state index in [2.05, 4.69) is 16.0 Å². The first-order chi connectivity index (χ1) is 21.3. The molecular formula is C36H31N3O4S. The average molecular weight is 602 g/mol. The van der Waals surface area contributed by atoms with Crippen molar-refractivity contribution in [2.75, 3.05) is 10.6 Å². The van der Waals surface area contributed by atoms with Crippen molar-refractivity contribution in [3.63, 3.8) is 0 Å². The monoisotopic (exact) mass is 601 g/mol. The van der Waals surface area contributed by atoms with Gasteiger partial charge >= 0.3 is 0 Å². The van der Waals surface area contributed by atoms with Gasteiger partial charge in [-0.15, -0.1) is 11.8 Å². The molecule has 0 saturated heterocycles. The minimum absolute atomic E-state index is 0.0216. The highest BCUT2D eigenvalue weighted by Gasteiger charge is 2.18. The van der Waals surface area contributed by atoms with Gasteiger partial charge in [0, 0.05) is 33.5 Å². The molecule has 0 spiro atoms. The van der Waals surface area contributed by atoms with E-state index >= 15 is 0 Å². The number of hydrogen-bond donors (Lipinski definition) is 3. The largest absolute Gasteiger partial charge is 0.457 e. The second-order valence-electron chi connectivity index (χ2n) is 10.0. The van der Waals surface area contributed by atoms with Crippen molar-refractivity contribution in [2.45, 2.75) is 24.0 Å². The molecule has 0 saturated carbocycles. The summed E-state index contributed by atoms with van der Waals surface area (Å²) >= 11 is 1.41. The molecule has 0 radical (unpaired) electrons. The number of carbonyl (C=O) groups is 3. The van der Waals surface area contributed by atoms with Gasteiger partial charge in [-0.2, -0.15) is 0 Å². The smallest absolute Gasteiger partial charge is 0.272 e. The molecule has 0 aliphatic rings. The Balaban J connectivity index is 1.29. The Labute approximate surface area is 260 Å². The van der Waals surface area contributed by atoms with Crippen molar-refractivity contribution in [3.05, 3.63) is 144 Å². The number of carbonyl (C=O) groups excluding carboxylic acids is 3. The predicted octanol–water partition coefficient (Wildman–Crippen LogP) is 7.78. The molecule has 5 aromatic rings. The first kappa shape index (κ1) is 30.1. The summed E-state index contributed by atoms with van der Waals surface area (Å²) in [5.74, 6) is 0.00940. The number of amides is 3. The molecule has 0 bridgehead atoms. The molecule has 1 atom stereocenters. The van der Waals surface area contributed by atoms with Crippen molar-refractivity contribution in [1.82, 2.24) is 5.32 Å². The van der Waals surface area contributed by atoms with E-state index in [1.165, 1.54) is 17.8 Å². The van der Waals surface area contributed by atoms with Crippen molar-refractivity contribution in [3.8, 4) is 11.3 Å². The summed E-state index contributed by atoms with van der Waals surface area (Å²) in [4.78, 5) is 39.9. The van der Waals surface area contributed by atoms with Gasteiger partial charge in [0.05, 0.1) is 5.25 Å². The molecule has 7 nitrogen and oxygen atoms in total. The number of hydrogen-bond acceptors (Lipinski definition) is 5. The number of nitrogens with one attached hydrogen (secondary N) is 3. The summed E-state index contributed by atoms with van der Waals surface area (Å²) in [5.41, 5.74) is 3.75. The van der Waals surface area contributed by atoms with E-state index in [1.54, 1.807) is 42.5 Å². The minimum atomic E-state index is -0.515. The number of benzene rings is 4. The summed E-state index contributed by atoms with van der Waals surface area (Å²) in [6.07, 6.45) is 1.51. The van der Waals surface area contributed by atoms with E-state index in [1.807, 2.05) is 92.7 Å². The third-order valence-electron chi connectivity index (χ3n) is 6.61. The molecule has 3 amide bonds. The number of thioether (sulfide) groups is 1. The SMILES string of the molecule is Cc1ccc(-c2ccc(/C=C(\NC(=O)c3ccccc3)C(=O)Nc3ccc(S[C@H](C)C(=O)Nc4ccccc4)cc3)o2)cc1. The van der Waals surface area contributed by atoms with Gasteiger partial charge in [-0.3, -0.25) is 14.4 Å². The maximum Gasteiger partial charge on any atom is 0.272 e. The molecule has 220 valence electrons. The Hall–Kier alpha value is -5.34. The van der Waals surface area contributed by atoms with Crippen LogP contribution >= 0.6 is 11.8 Å². The van der Waals surface area contributed by atoms with E-state index in [-0.39, 0.29) is 16.9 Å². The van der Waals surface area contributed by atoms with Gasteiger partial charge in [-0.1, -0.05) is 66.2 Å². The van der Waals surface area contributed by atoms with Crippen LogP contribution in [0.1, 0.15) is 28.6 Å². The number of aryl methyl sites for hydroxylation is 1. The van der Waals surface area contributed by atoms with Crippen LogP contribution in [0.2, 0.25) is 0 Å². The average Bonchev–Trinajstić information content (AvgIpc) is 3.51. The summed E-state index contributed by atoms with van der Waals surface area (Å²) in [6.45, 7) is 3.85. The topological polar surface area (TPSA) is 100 Å². The summed E-state index contributed by atoms with van der Waals surface area (Å²) in [6, 6.07) is 36.6. The molecule has 3 N–H and O–H groups in total. The zero-order valence-corrected chi connectivity index (χ0v) is 25.1. The fourth-order valence-corrected chi connectivity index (χ4v) is 5.09. The molecule has 0 fully saturated rings. The molecule has 5 rings (SSSR count). The van der Waals surface area contributed by atoms with Gasteiger partial charge in [-0.05, 0) is 74.5 Å². The molecule has 44 heavy (non-hydrogen) atoms. The molecule has 0 aliphatic carbocycles. The van der Waals surface area contributed by atoms with E-state index in [0.717, 1.165) is 21.7 Å². The molecule has 0 aliphatic heterocycles. The summed E-state index contributed by atoms with van der Waals surface area (Å²) in [7, 11) is 0. The number of anilines is 2. The Morgan fingerprint density at radius 3 is 2.05 bits per heavy atom. The quantitative estimate of drug-likeness (QED) is 0.112. The highest BCUT2D eigenvalue weighted by Crippen LogP contribution is 2.27. The summed E-state index contributed by atoms with van der Waals surface area (Å²) < 4.78 is 5.99. The van der Waals surface area contributed by atoms with Gasteiger partial charge in [0.25, 0.3) is 11.8 Å². The molecular weight excluding hydrogens is 570 g/mol. The van der Waals surface area contributed by atoms with Gasteiger partial charge < -0.3 is 20.4 Å². The lowest BCUT2D eigenvalue weighted by Gasteiger charge is -2.13. The minimum Gasteiger partial charge on any atom is -0.457 e. The zero-order valence-electron chi connectivity index (χ0n) is 24.2. The van der Waals surface area contributed by atoms with Crippen LogP contribution in [0.4, 0.5) is 11.4 Å². The van der Waals surface area contributed by atoms with Crippen LogP contribution in [0, 0.1) is 6.92 Å². The molecule has 0 unspecified atom stereocenters. The fraction of sp³-hybridized carbons (Fsp3) is 0.0833. The highest BCUT2D eigenvalue weighted by atomic mass is 32.2. The van der Waals surface area contributed by atoms with Crippen molar-refractivity contribution in [1.29, 1.82) is 0 Å². The van der Waals surface area contributed by atoms with E-state index < -0.39 is 11.8 Å². The predicted molar refractivity (Wildman–Crippen MR) is 176 cm³/mol. The van der Waals surface area contributed by atoms with Crippen LogP contribution in [0.3, 0.4) is 0 Å². The molecule has 1 heterocycles. The second-order valence-corrected chi connectivity index (χ2v) is 11.5. The lowest BCUT2D eigenvalue weighted by molar-refractivity contribution is -0.115. The number of para-hydroxylation sites is 1. The van der Waals surface area contributed by atoms with E-state index in [4.69, 9.17) is 4.42 Å². The zero-order chi connectivity index (χ0) is 30.9. The van der Waals surface area contributed by atoms with Crippen LogP contribution in [0.25, 0.3) is 17.4 Å². The van der Waals surface area contributed by atoms with Crippen molar-refractivity contribution in [2.24, 2.45) is 0 Å². The van der Waals surface area contributed by atoms with Gasteiger partial charge in [0.1, 0.15) is 17.2 Å². The highest BCUT2D eigenvalue weighted by molar-refractivity contribution is 8.00. The van der Waals surface area contributed by atoms with Crippen LogP contribution < -0.4 is 16.0 Å². The Bertz CT molecular complexity index is 1760. The summed E-state index contributed by atoms with van der Waals surface area (Å²) in [5, 5.41) is 8.15. The standard InChI is InChI=1S/C36H31N3O4S/c1-24-13-15-26(16-14-24)33-22-19-30(43-33)23-32(39-35(41)27-9-5-3-6-10-27)36(42)38-29-17-20-31(21-18-29)44-25(2)34(40)37-28-11-7-4-8-12-28/h3-23,25H,1-2H3,(H,37,40)(H,38,42)(H,39,41)/b32-23-/t25-/m1/s1. The first-order valence-corrected chi connectivity index (χ1v) is 14.9. The normalized spacial score (nSPS) is 11.8. The third kappa shape index (κ3) is 8.14. The van der Waals surface area contributed by atoms with Crippen LogP contribution in [-0.4, -0.2) is 23.0 Å². The van der Waals surface area contributed by atoms with Crippen LogP contribution in [0.15, 0.2) is 136 Å². The van der Waals surface area contributed by atoms with Crippen LogP contribution in [-0.2, 0) is 9.59 Å². The Morgan fingerprint density at radius 2 is 1.36 bits per heavy atom. The lowest BCUT2D eigenvalue weighted by Crippen LogP contribution is -2.30. The van der Waals surface area contributed by atoms with Gasteiger partial charge in [0.2, 0.25) is 5.91 Å². The maximum absolute atomic E-state index is 13.4. The Kier molecular flexibility index (Phi) is 9.74. The number of rotatable bonds is 10. The van der Waals surface area contributed by atoms with E-state index in [9.17, 15) is 14.4 Å². The third-order valence-corrected chi connectivity index (χ3v) is 7.73. The number of furan rings is 1. The Morgan fingerprint density at radius 1 is 0.727 bits per heavy atom. The molecule has 8 heteroatoms.